The number of ether oxygens (including phenoxy) is 1. The predicted octanol–water partition coefficient (Wildman–Crippen LogP) is 0.410. The summed E-state index contributed by atoms with van der Waals surface area (Å²) in [4.78, 5) is 36.4. The van der Waals surface area contributed by atoms with Gasteiger partial charge in [0.05, 0.1) is 7.11 Å². The third kappa shape index (κ3) is 3.94. The lowest BCUT2D eigenvalue weighted by molar-refractivity contribution is -0.141. The van der Waals surface area contributed by atoms with Gasteiger partial charge in [-0.15, -0.1) is 0 Å². The minimum atomic E-state index is -0.481. The number of carbonyl (C=O) groups excluding carboxylic acids is 2. The van der Waals surface area contributed by atoms with Crippen LogP contribution in [0.5, 0.6) is 0 Å². The second kappa shape index (κ2) is 6.72. The van der Waals surface area contributed by atoms with E-state index in [0.29, 0.717) is 13.0 Å². The smallest absolute Gasteiger partial charge is 0.325 e. The van der Waals surface area contributed by atoms with Gasteiger partial charge in [-0.25, -0.2) is 0 Å². The molecule has 1 rings (SSSR count). The maximum atomic E-state index is 12.2. The van der Waals surface area contributed by atoms with E-state index < -0.39 is 5.97 Å². The van der Waals surface area contributed by atoms with Crippen molar-refractivity contribution in [2.75, 3.05) is 20.2 Å². The molecule has 0 saturated carbocycles. The Bertz CT molecular complexity index is 522. The van der Waals surface area contributed by atoms with Crippen LogP contribution < -0.4 is 5.56 Å². The average Bonchev–Trinajstić information content (AvgIpc) is 2.40. The molecule has 6 nitrogen and oxygen atoms in total. The molecule has 0 atom stereocenters. The van der Waals surface area contributed by atoms with Gasteiger partial charge in [-0.1, -0.05) is 6.92 Å². The summed E-state index contributed by atoms with van der Waals surface area (Å²) in [7, 11) is 2.88. The number of methoxy groups -OCH3 is 1. The van der Waals surface area contributed by atoms with Crippen molar-refractivity contribution in [3.63, 3.8) is 0 Å². The van der Waals surface area contributed by atoms with Gasteiger partial charge in [0.2, 0.25) is 0 Å². The first-order chi connectivity index (χ1) is 8.99. The summed E-state index contributed by atoms with van der Waals surface area (Å²) < 4.78 is 5.93. The number of aryl methyl sites for hydroxylation is 1. The first-order valence-corrected chi connectivity index (χ1v) is 6.02. The molecular formula is C13H18N2O4. The van der Waals surface area contributed by atoms with Gasteiger partial charge >= 0.3 is 5.97 Å². The average molecular weight is 266 g/mol. The topological polar surface area (TPSA) is 68.6 Å². The second-order valence-electron chi connectivity index (χ2n) is 4.17. The molecule has 0 spiro atoms. The predicted molar refractivity (Wildman–Crippen MR) is 69.9 cm³/mol. The fraction of sp³-hybridized carbons (Fsp3) is 0.462. The zero-order valence-corrected chi connectivity index (χ0v) is 11.4. The van der Waals surface area contributed by atoms with Crippen LogP contribution in [0.4, 0.5) is 0 Å². The van der Waals surface area contributed by atoms with E-state index >= 15 is 0 Å². The largest absolute Gasteiger partial charge is 0.468 e. The van der Waals surface area contributed by atoms with Crippen LogP contribution in [0.3, 0.4) is 0 Å². The molecule has 0 unspecified atom stereocenters. The van der Waals surface area contributed by atoms with Gasteiger partial charge in [-0.2, -0.15) is 0 Å². The second-order valence-corrected chi connectivity index (χ2v) is 4.17. The highest BCUT2D eigenvalue weighted by atomic mass is 16.5. The summed E-state index contributed by atoms with van der Waals surface area (Å²) in [5, 5.41) is 0. The van der Waals surface area contributed by atoms with Crippen LogP contribution in [0.25, 0.3) is 0 Å². The molecule has 0 saturated heterocycles. The lowest BCUT2D eigenvalue weighted by Crippen LogP contribution is -2.37. The summed E-state index contributed by atoms with van der Waals surface area (Å²) in [6.07, 6.45) is 2.24. The van der Waals surface area contributed by atoms with Crippen molar-refractivity contribution in [3.05, 3.63) is 34.2 Å². The molecule has 19 heavy (non-hydrogen) atoms. The van der Waals surface area contributed by atoms with Crippen LogP contribution in [-0.4, -0.2) is 41.5 Å². The van der Waals surface area contributed by atoms with Gasteiger partial charge < -0.3 is 14.2 Å². The molecule has 0 bridgehead atoms. The van der Waals surface area contributed by atoms with E-state index in [-0.39, 0.29) is 23.6 Å². The molecule has 0 aliphatic carbocycles. The number of carbonyl (C=O) groups is 2. The molecule has 0 aromatic carbocycles. The molecule has 0 aliphatic rings. The number of amides is 1. The summed E-state index contributed by atoms with van der Waals surface area (Å²) in [5.41, 5.74) is 0.0146. The van der Waals surface area contributed by atoms with Crippen molar-refractivity contribution in [1.82, 2.24) is 9.47 Å². The molecule has 1 heterocycles. The van der Waals surface area contributed by atoms with Gasteiger partial charge in [0.25, 0.3) is 11.5 Å². The third-order valence-electron chi connectivity index (χ3n) is 2.68. The van der Waals surface area contributed by atoms with E-state index in [1.54, 1.807) is 13.1 Å². The number of pyridine rings is 1. The Morgan fingerprint density at radius 2 is 2.11 bits per heavy atom. The van der Waals surface area contributed by atoms with Crippen molar-refractivity contribution in [3.8, 4) is 0 Å². The molecule has 1 aromatic rings. The minimum Gasteiger partial charge on any atom is -0.468 e. The minimum absolute atomic E-state index is 0.113. The van der Waals surface area contributed by atoms with Crippen molar-refractivity contribution in [1.29, 1.82) is 0 Å². The molecule has 6 heteroatoms. The Kier molecular flexibility index (Phi) is 5.29. The SMILES string of the molecule is CCCN(CC(=O)OC)C(=O)c1ccn(C)c(=O)c1. The maximum Gasteiger partial charge on any atom is 0.325 e. The highest BCUT2D eigenvalue weighted by molar-refractivity contribution is 5.95. The van der Waals surface area contributed by atoms with Crippen molar-refractivity contribution >= 4 is 11.9 Å². The number of esters is 1. The number of nitrogens with zero attached hydrogens (tertiary/aromatic N) is 2. The van der Waals surface area contributed by atoms with E-state index in [1.165, 1.54) is 28.8 Å². The highest BCUT2D eigenvalue weighted by Gasteiger charge is 2.18. The molecule has 104 valence electrons. The molecule has 0 radical (unpaired) electrons. The molecule has 1 amide bonds. The van der Waals surface area contributed by atoms with E-state index in [4.69, 9.17) is 0 Å². The Hall–Kier alpha value is -2.11. The Morgan fingerprint density at radius 3 is 2.63 bits per heavy atom. The van der Waals surface area contributed by atoms with Gasteiger partial charge in [-0.3, -0.25) is 14.4 Å². The fourth-order valence-corrected chi connectivity index (χ4v) is 1.61. The van der Waals surface area contributed by atoms with Crippen LogP contribution in [0.2, 0.25) is 0 Å². The van der Waals surface area contributed by atoms with Gasteiger partial charge in [0, 0.05) is 31.4 Å². The van der Waals surface area contributed by atoms with Crippen LogP contribution >= 0.6 is 0 Å². The first-order valence-electron chi connectivity index (χ1n) is 6.02. The molecule has 1 aromatic heterocycles. The van der Waals surface area contributed by atoms with E-state index in [1.807, 2.05) is 6.92 Å². The lowest BCUT2D eigenvalue weighted by Gasteiger charge is -2.20. The zero-order chi connectivity index (χ0) is 14.4. The number of rotatable bonds is 5. The van der Waals surface area contributed by atoms with E-state index in [2.05, 4.69) is 4.74 Å². The van der Waals surface area contributed by atoms with Gasteiger partial charge in [-0.05, 0) is 12.5 Å². The van der Waals surface area contributed by atoms with Crippen molar-refractivity contribution in [2.45, 2.75) is 13.3 Å². The Morgan fingerprint density at radius 1 is 1.42 bits per heavy atom. The summed E-state index contributed by atoms with van der Waals surface area (Å²) in [5.74, 6) is -0.824. The van der Waals surface area contributed by atoms with Gasteiger partial charge in [0.15, 0.2) is 0 Å². The third-order valence-corrected chi connectivity index (χ3v) is 2.68. The van der Waals surface area contributed by atoms with E-state index in [9.17, 15) is 14.4 Å². The molecular weight excluding hydrogens is 248 g/mol. The van der Waals surface area contributed by atoms with Gasteiger partial charge in [0.1, 0.15) is 6.54 Å². The summed E-state index contributed by atoms with van der Waals surface area (Å²) in [6, 6.07) is 2.83. The monoisotopic (exact) mass is 266 g/mol. The molecule has 0 fully saturated rings. The normalized spacial score (nSPS) is 10.1. The van der Waals surface area contributed by atoms with Crippen LogP contribution in [0, 0.1) is 0 Å². The van der Waals surface area contributed by atoms with E-state index in [0.717, 1.165) is 0 Å². The number of aromatic nitrogens is 1. The van der Waals surface area contributed by atoms with Crippen LogP contribution in [0.1, 0.15) is 23.7 Å². The lowest BCUT2D eigenvalue weighted by atomic mass is 10.2. The van der Waals surface area contributed by atoms with Crippen molar-refractivity contribution < 1.29 is 14.3 Å². The standard InChI is InChI=1S/C13H18N2O4/c1-4-6-15(9-12(17)19-3)13(18)10-5-7-14(2)11(16)8-10/h5,7-8H,4,6,9H2,1-3H3. The van der Waals surface area contributed by atoms with Crippen LogP contribution in [-0.2, 0) is 16.6 Å². The van der Waals surface area contributed by atoms with Crippen molar-refractivity contribution in [2.24, 2.45) is 7.05 Å². The van der Waals surface area contributed by atoms with Crippen LogP contribution in [0.15, 0.2) is 23.1 Å². The fourth-order valence-electron chi connectivity index (χ4n) is 1.61. The first kappa shape index (κ1) is 14.9. The summed E-state index contributed by atoms with van der Waals surface area (Å²) >= 11 is 0. The number of hydrogen-bond donors (Lipinski definition) is 0. The summed E-state index contributed by atoms with van der Waals surface area (Å²) in [6.45, 7) is 2.23. The number of hydrogen-bond acceptors (Lipinski definition) is 4. The highest BCUT2D eigenvalue weighted by Crippen LogP contribution is 2.03. The Labute approximate surface area is 111 Å². The maximum absolute atomic E-state index is 12.2. The zero-order valence-electron chi connectivity index (χ0n) is 11.4. The Balaban J connectivity index is 2.95. The molecule has 0 aliphatic heterocycles. The quantitative estimate of drug-likeness (QED) is 0.724. The molecule has 0 N–H and O–H groups in total.